The zero-order valence-corrected chi connectivity index (χ0v) is 17.0. The van der Waals surface area contributed by atoms with Gasteiger partial charge in [-0.1, -0.05) is 20.8 Å². The van der Waals surface area contributed by atoms with Gasteiger partial charge in [0, 0.05) is 98.1 Å². The summed E-state index contributed by atoms with van der Waals surface area (Å²) in [4.78, 5) is 3.96. The standard InChI is InChI=1S/C9H13N.3Y/c1-9(2,3)8-4-6-10-7-5-8;;;/h4-7H,1-3H3;;;/q-2;;;. The summed E-state index contributed by atoms with van der Waals surface area (Å²) in [5.41, 5.74) is 1.59. The second-order valence-electron chi connectivity index (χ2n) is 3.49. The maximum atomic E-state index is 3.96. The van der Waals surface area contributed by atoms with Crippen LogP contribution in [-0.2, 0) is 98.1 Å². The molecule has 0 aromatic carbocycles. The maximum Gasteiger partial charge on any atom is 0 e. The third-order valence-electron chi connectivity index (χ3n) is 1.55. The third kappa shape index (κ3) is 8.29. The van der Waals surface area contributed by atoms with Gasteiger partial charge < -0.3 is 4.99 Å². The molecule has 1 aliphatic rings. The summed E-state index contributed by atoms with van der Waals surface area (Å²) in [5.74, 6) is 0. The number of dihydropyridines is 1. The Morgan fingerprint density at radius 2 is 1.69 bits per heavy atom. The van der Waals surface area contributed by atoms with Crippen LogP contribution in [0.2, 0.25) is 0 Å². The van der Waals surface area contributed by atoms with E-state index in [0.29, 0.717) is 0 Å². The number of rotatable bonds is 0. The monoisotopic (exact) mass is 402 g/mol. The van der Waals surface area contributed by atoms with E-state index in [0.717, 1.165) is 0 Å². The molecule has 0 atom stereocenters. The number of hydrogen-bond acceptors (Lipinski definition) is 1. The summed E-state index contributed by atoms with van der Waals surface area (Å²) >= 11 is 0. The van der Waals surface area contributed by atoms with Crippen molar-refractivity contribution < 1.29 is 98.1 Å². The van der Waals surface area contributed by atoms with Gasteiger partial charge in [0.05, 0.1) is 0 Å². The molecular formula is C9H13NY3-2. The molecule has 0 saturated carbocycles. The molecule has 0 unspecified atom stereocenters. The minimum absolute atomic E-state index is 0. The van der Waals surface area contributed by atoms with Gasteiger partial charge in [-0.2, -0.15) is 0 Å². The largest absolute Gasteiger partial charge is 0.487 e. The average Bonchev–Trinajstić information content (AvgIpc) is 1.88. The van der Waals surface area contributed by atoms with Gasteiger partial charge in [-0.25, -0.2) is 18.3 Å². The van der Waals surface area contributed by atoms with E-state index < -0.39 is 0 Å². The Bertz CT molecular complexity index is 180. The molecule has 1 heterocycles. The Morgan fingerprint density at radius 1 is 1.15 bits per heavy atom. The minimum atomic E-state index is 0. The third-order valence-corrected chi connectivity index (χ3v) is 1.55. The molecular weight excluding hydrogens is 389 g/mol. The summed E-state index contributed by atoms with van der Waals surface area (Å²) < 4.78 is 0. The molecule has 0 bridgehead atoms. The van der Waals surface area contributed by atoms with E-state index in [4.69, 9.17) is 0 Å². The molecule has 1 nitrogen and oxygen atoms in total. The summed E-state index contributed by atoms with van der Waals surface area (Å²) in [7, 11) is 0. The molecule has 1 aliphatic heterocycles. The first kappa shape index (κ1) is 20.8. The maximum absolute atomic E-state index is 3.96. The van der Waals surface area contributed by atoms with Crippen LogP contribution in [0.25, 0.3) is 0 Å². The van der Waals surface area contributed by atoms with E-state index in [1.807, 2.05) is 12.8 Å². The minimum Gasteiger partial charge on any atom is -0.487 e. The number of hydrogen-bond donors (Lipinski definition) is 0. The van der Waals surface area contributed by atoms with Crippen LogP contribution in [0.15, 0.2) is 16.6 Å². The fourth-order valence-corrected chi connectivity index (χ4v) is 0.852. The molecule has 65 valence electrons. The fraction of sp³-hybridized carbons (Fsp3) is 0.444. The Kier molecular flexibility index (Phi) is 15.5. The molecule has 0 N–H and O–H groups in total. The molecule has 0 fully saturated rings. The van der Waals surface area contributed by atoms with Crippen molar-refractivity contribution in [3.05, 3.63) is 24.6 Å². The molecule has 0 spiro atoms. The van der Waals surface area contributed by atoms with Crippen LogP contribution in [0.4, 0.5) is 0 Å². The van der Waals surface area contributed by atoms with Crippen LogP contribution < -0.4 is 0 Å². The van der Waals surface area contributed by atoms with Crippen LogP contribution in [-0.4, -0.2) is 6.21 Å². The van der Waals surface area contributed by atoms with Crippen molar-refractivity contribution in [2.75, 3.05) is 0 Å². The molecule has 0 amide bonds. The molecule has 0 aromatic heterocycles. The van der Waals surface area contributed by atoms with E-state index in [9.17, 15) is 0 Å². The predicted molar refractivity (Wildman–Crippen MR) is 44.6 cm³/mol. The Labute approximate surface area is 157 Å². The SMILES string of the molecule is CC(C)(C)C1=CC=N[CH-][CH-]1.[Y].[Y].[Y]. The van der Waals surface area contributed by atoms with Gasteiger partial charge in [-0.3, -0.25) is 12.5 Å². The Balaban J connectivity index is -0.000000333. The van der Waals surface area contributed by atoms with Crippen LogP contribution in [0.3, 0.4) is 0 Å². The Hall–Kier alpha value is 2.46. The quantitative estimate of drug-likeness (QED) is 0.553. The van der Waals surface area contributed by atoms with Gasteiger partial charge >= 0.3 is 0 Å². The second-order valence-corrected chi connectivity index (χ2v) is 3.49. The number of allylic oxidation sites excluding steroid dienone is 1. The first-order valence-electron chi connectivity index (χ1n) is 3.51. The summed E-state index contributed by atoms with van der Waals surface area (Å²) in [6.45, 7) is 8.42. The van der Waals surface area contributed by atoms with Crippen molar-refractivity contribution in [2.24, 2.45) is 10.4 Å². The zero-order chi connectivity index (χ0) is 7.61. The van der Waals surface area contributed by atoms with E-state index in [1.54, 1.807) is 0 Å². The summed E-state index contributed by atoms with van der Waals surface area (Å²) in [6.07, 6.45) is 5.95. The van der Waals surface area contributed by atoms with Crippen LogP contribution >= 0.6 is 0 Å². The van der Waals surface area contributed by atoms with E-state index in [2.05, 4.69) is 38.3 Å². The topological polar surface area (TPSA) is 12.4 Å². The Morgan fingerprint density at radius 3 is 1.92 bits per heavy atom. The second kappa shape index (κ2) is 9.67. The van der Waals surface area contributed by atoms with Crippen molar-refractivity contribution in [2.45, 2.75) is 20.8 Å². The molecule has 3 radical (unpaired) electrons. The fourth-order valence-electron chi connectivity index (χ4n) is 0.852. The van der Waals surface area contributed by atoms with Gasteiger partial charge in [0.15, 0.2) is 0 Å². The van der Waals surface area contributed by atoms with Crippen molar-refractivity contribution >= 4 is 6.21 Å². The van der Waals surface area contributed by atoms with Crippen molar-refractivity contribution in [3.63, 3.8) is 0 Å². The van der Waals surface area contributed by atoms with Gasteiger partial charge in [0.25, 0.3) is 0 Å². The van der Waals surface area contributed by atoms with Crippen LogP contribution in [0.1, 0.15) is 20.8 Å². The molecule has 0 saturated heterocycles. The van der Waals surface area contributed by atoms with E-state index in [-0.39, 0.29) is 104 Å². The molecule has 0 aliphatic carbocycles. The van der Waals surface area contributed by atoms with Gasteiger partial charge in [0.2, 0.25) is 0 Å². The summed E-state index contributed by atoms with van der Waals surface area (Å²) in [5, 5.41) is 0. The molecule has 1 rings (SSSR count). The first-order chi connectivity index (χ1) is 4.61. The van der Waals surface area contributed by atoms with E-state index >= 15 is 0 Å². The smallest absolute Gasteiger partial charge is 0 e. The zero-order valence-electron chi connectivity index (χ0n) is 8.49. The molecule has 4 heteroatoms. The van der Waals surface area contributed by atoms with Gasteiger partial charge in [-0.15, -0.1) is 0 Å². The molecule has 0 aromatic rings. The van der Waals surface area contributed by atoms with Crippen LogP contribution in [0.5, 0.6) is 0 Å². The molecule has 13 heavy (non-hydrogen) atoms. The van der Waals surface area contributed by atoms with Crippen molar-refractivity contribution in [1.29, 1.82) is 0 Å². The number of nitrogens with zero attached hydrogens (tertiary/aromatic N) is 1. The average molecular weight is 402 g/mol. The first-order valence-corrected chi connectivity index (χ1v) is 3.51. The van der Waals surface area contributed by atoms with Crippen LogP contribution in [0, 0.1) is 18.4 Å². The summed E-state index contributed by atoms with van der Waals surface area (Å²) in [6, 6.07) is 0. The van der Waals surface area contributed by atoms with Gasteiger partial charge in [-0.05, 0) is 5.41 Å². The predicted octanol–water partition coefficient (Wildman–Crippen LogP) is 2.40. The normalized spacial score (nSPS) is 13.3. The van der Waals surface area contributed by atoms with Crippen molar-refractivity contribution in [3.8, 4) is 0 Å². The van der Waals surface area contributed by atoms with Gasteiger partial charge in [0.1, 0.15) is 0 Å². The van der Waals surface area contributed by atoms with Crippen molar-refractivity contribution in [1.82, 2.24) is 0 Å². The number of aliphatic imine (C=N–C) groups is 1. The van der Waals surface area contributed by atoms with E-state index in [1.165, 1.54) is 5.57 Å².